The summed E-state index contributed by atoms with van der Waals surface area (Å²) in [6.45, 7) is 2.21. The number of aryl methyl sites for hydroxylation is 1. The summed E-state index contributed by atoms with van der Waals surface area (Å²) in [7, 11) is 0. The van der Waals surface area contributed by atoms with Gasteiger partial charge in [0.15, 0.2) is 0 Å². The standard InChI is InChI=1S/C32H27N/c1-21-11-12-24-19-25-18-22(13-15-27(25)30(24)17-21)23-14-16-29-28-9-5-6-10-31(28)33(32(29)20-23)26-7-3-2-4-8-26/h2-14,16-18,20,27,29,32H,15,19H2,1H3. The molecule has 4 aliphatic rings. The Labute approximate surface area is 196 Å². The zero-order chi connectivity index (χ0) is 21.9. The molecule has 33 heavy (non-hydrogen) atoms. The average molecular weight is 426 g/mol. The zero-order valence-electron chi connectivity index (χ0n) is 18.9. The van der Waals surface area contributed by atoms with Crippen LogP contribution >= 0.6 is 0 Å². The molecule has 0 aromatic heterocycles. The van der Waals surface area contributed by atoms with Crippen molar-refractivity contribution in [2.45, 2.75) is 37.6 Å². The van der Waals surface area contributed by atoms with Crippen molar-refractivity contribution in [2.75, 3.05) is 4.90 Å². The fourth-order valence-electron chi connectivity index (χ4n) is 6.31. The molecule has 7 rings (SSSR count). The molecule has 3 aromatic rings. The summed E-state index contributed by atoms with van der Waals surface area (Å²) in [4.78, 5) is 2.52. The molecule has 0 saturated heterocycles. The molecule has 1 heteroatoms. The normalized spacial score (nSPS) is 24.3. The van der Waals surface area contributed by atoms with Crippen LogP contribution in [0.1, 0.15) is 40.5 Å². The van der Waals surface area contributed by atoms with Crippen LogP contribution in [0, 0.1) is 6.92 Å². The lowest BCUT2D eigenvalue weighted by molar-refractivity contribution is 0.738. The van der Waals surface area contributed by atoms with E-state index in [-0.39, 0.29) is 0 Å². The van der Waals surface area contributed by atoms with E-state index >= 15 is 0 Å². The van der Waals surface area contributed by atoms with Gasteiger partial charge in [-0.3, -0.25) is 0 Å². The first-order chi connectivity index (χ1) is 16.3. The van der Waals surface area contributed by atoms with Gasteiger partial charge in [0.2, 0.25) is 0 Å². The molecule has 0 radical (unpaired) electrons. The summed E-state index contributed by atoms with van der Waals surface area (Å²) in [5, 5.41) is 0. The first-order valence-electron chi connectivity index (χ1n) is 12.1. The second kappa shape index (κ2) is 7.22. The third kappa shape index (κ3) is 2.92. The number of nitrogens with zero attached hydrogens (tertiary/aromatic N) is 1. The summed E-state index contributed by atoms with van der Waals surface area (Å²) in [5.41, 5.74) is 12.8. The van der Waals surface area contributed by atoms with Gasteiger partial charge in [-0.15, -0.1) is 0 Å². The molecule has 1 heterocycles. The van der Waals surface area contributed by atoms with Crippen LogP contribution in [0.15, 0.2) is 120 Å². The largest absolute Gasteiger partial charge is 0.333 e. The quantitative estimate of drug-likeness (QED) is 0.407. The zero-order valence-corrected chi connectivity index (χ0v) is 18.9. The molecule has 0 saturated carbocycles. The minimum Gasteiger partial charge on any atom is -0.333 e. The van der Waals surface area contributed by atoms with E-state index in [9.17, 15) is 0 Å². The van der Waals surface area contributed by atoms with Gasteiger partial charge >= 0.3 is 0 Å². The highest BCUT2D eigenvalue weighted by Crippen LogP contribution is 2.50. The summed E-state index contributed by atoms with van der Waals surface area (Å²) in [6.07, 6.45) is 14.5. The Morgan fingerprint density at radius 2 is 1.70 bits per heavy atom. The number of hydrogen-bond acceptors (Lipinski definition) is 1. The van der Waals surface area contributed by atoms with Gasteiger partial charge in [-0.05, 0) is 65.8 Å². The fourth-order valence-corrected chi connectivity index (χ4v) is 6.31. The first kappa shape index (κ1) is 18.9. The molecule has 0 N–H and O–H groups in total. The molecular weight excluding hydrogens is 398 g/mol. The minimum absolute atomic E-state index is 0.310. The van der Waals surface area contributed by atoms with Crippen molar-refractivity contribution < 1.29 is 0 Å². The van der Waals surface area contributed by atoms with E-state index in [4.69, 9.17) is 0 Å². The van der Waals surface area contributed by atoms with E-state index in [1.54, 1.807) is 11.1 Å². The molecule has 160 valence electrons. The Morgan fingerprint density at radius 3 is 2.61 bits per heavy atom. The summed E-state index contributed by atoms with van der Waals surface area (Å²) in [6, 6.07) is 27.0. The molecule has 3 atom stereocenters. The molecular formula is C32H27N. The number of fused-ring (bicyclic) bond motifs is 6. The van der Waals surface area contributed by atoms with Crippen molar-refractivity contribution in [1.29, 1.82) is 0 Å². The van der Waals surface area contributed by atoms with Gasteiger partial charge < -0.3 is 4.90 Å². The maximum absolute atomic E-state index is 2.52. The highest BCUT2D eigenvalue weighted by atomic mass is 15.2. The molecule has 3 aromatic carbocycles. The first-order valence-corrected chi connectivity index (χ1v) is 12.1. The Morgan fingerprint density at radius 1 is 0.848 bits per heavy atom. The SMILES string of the molecule is Cc1ccc2c(c1)C1CC=C(C3=CC4C(C=C3)c3ccccc3N4c3ccccc3)C=C1C2. The summed E-state index contributed by atoms with van der Waals surface area (Å²) < 4.78 is 0. The van der Waals surface area contributed by atoms with Crippen molar-refractivity contribution in [1.82, 2.24) is 0 Å². The van der Waals surface area contributed by atoms with Gasteiger partial charge in [-0.2, -0.15) is 0 Å². The van der Waals surface area contributed by atoms with E-state index in [0.29, 0.717) is 17.9 Å². The topological polar surface area (TPSA) is 3.24 Å². The number of benzene rings is 3. The maximum atomic E-state index is 2.52. The van der Waals surface area contributed by atoms with Gasteiger partial charge in [-0.25, -0.2) is 0 Å². The van der Waals surface area contributed by atoms with Crippen LogP contribution < -0.4 is 4.90 Å². The third-order valence-electron chi connectivity index (χ3n) is 7.86. The number of para-hydroxylation sites is 2. The summed E-state index contributed by atoms with van der Waals surface area (Å²) in [5.74, 6) is 0.967. The smallest absolute Gasteiger partial charge is 0.0635 e. The molecule has 0 amide bonds. The molecule has 1 nitrogen and oxygen atoms in total. The maximum Gasteiger partial charge on any atom is 0.0635 e. The van der Waals surface area contributed by atoms with Gasteiger partial charge in [0.05, 0.1) is 6.04 Å². The predicted octanol–water partition coefficient (Wildman–Crippen LogP) is 7.69. The second-order valence-electron chi connectivity index (χ2n) is 9.81. The van der Waals surface area contributed by atoms with Crippen molar-refractivity contribution in [3.05, 3.63) is 142 Å². The van der Waals surface area contributed by atoms with Gasteiger partial charge in [-0.1, -0.05) is 96.1 Å². The summed E-state index contributed by atoms with van der Waals surface area (Å²) >= 11 is 0. The van der Waals surface area contributed by atoms with E-state index in [1.165, 1.54) is 39.2 Å². The van der Waals surface area contributed by atoms with Crippen molar-refractivity contribution in [3.63, 3.8) is 0 Å². The van der Waals surface area contributed by atoms with Crippen LogP contribution in [0.4, 0.5) is 11.4 Å². The lowest BCUT2D eigenvalue weighted by atomic mass is 9.82. The minimum atomic E-state index is 0.310. The Hall–Kier alpha value is -3.58. The van der Waals surface area contributed by atoms with Crippen LogP contribution in [-0.2, 0) is 6.42 Å². The Bertz CT molecular complexity index is 1390. The molecule has 0 spiro atoms. The average Bonchev–Trinajstić information content (AvgIpc) is 3.39. The van der Waals surface area contributed by atoms with Crippen molar-refractivity contribution >= 4 is 11.4 Å². The lowest BCUT2D eigenvalue weighted by Crippen LogP contribution is -2.29. The van der Waals surface area contributed by atoms with E-state index in [2.05, 4.69) is 115 Å². The van der Waals surface area contributed by atoms with Crippen molar-refractivity contribution in [2.24, 2.45) is 0 Å². The van der Waals surface area contributed by atoms with Crippen LogP contribution in [-0.4, -0.2) is 6.04 Å². The number of anilines is 2. The van der Waals surface area contributed by atoms with E-state index in [1.807, 2.05) is 0 Å². The van der Waals surface area contributed by atoms with Gasteiger partial charge in [0.25, 0.3) is 0 Å². The molecule has 3 aliphatic carbocycles. The fraction of sp³-hybridized carbons (Fsp3) is 0.188. The second-order valence-corrected chi connectivity index (χ2v) is 9.81. The molecule has 1 aliphatic heterocycles. The van der Waals surface area contributed by atoms with Crippen LogP contribution in [0.2, 0.25) is 0 Å². The van der Waals surface area contributed by atoms with Crippen molar-refractivity contribution in [3.8, 4) is 0 Å². The number of allylic oxidation sites excluding steroid dienone is 6. The van der Waals surface area contributed by atoms with E-state index < -0.39 is 0 Å². The van der Waals surface area contributed by atoms with E-state index in [0.717, 1.165) is 12.8 Å². The number of hydrogen-bond donors (Lipinski definition) is 0. The van der Waals surface area contributed by atoms with Crippen LogP contribution in [0.5, 0.6) is 0 Å². The van der Waals surface area contributed by atoms with Gasteiger partial charge in [0.1, 0.15) is 0 Å². The molecule has 3 unspecified atom stereocenters. The highest BCUT2D eigenvalue weighted by molar-refractivity contribution is 5.76. The Kier molecular flexibility index (Phi) is 4.14. The highest BCUT2D eigenvalue weighted by Gasteiger charge is 2.38. The predicted molar refractivity (Wildman–Crippen MR) is 137 cm³/mol. The van der Waals surface area contributed by atoms with Crippen LogP contribution in [0.3, 0.4) is 0 Å². The number of rotatable bonds is 2. The van der Waals surface area contributed by atoms with Gasteiger partial charge in [0, 0.05) is 23.2 Å². The Balaban J connectivity index is 1.26. The lowest BCUT2D eigenvalue weighted by Gasteiger charge is -2.30. The molecule has 0 fully saturated rings. The molecule has 0 bridgehead atoms. The monoisotopic (exact) mass is 425 g/mol. The van der Waals surface area contributed by atoms with Crippen LogP contribution in [0.25, 0.3) is 0 Å². The third-order valence-corrected chi connectivity index (χ3v) is 7.86.